The van der Waals surface area contributed by atoms with Gasteiger partial charge in [0, 0.05) is 17.9 Å². The summed E-state index contributed by atoms with van der Waals surface area (Å²) in [4.78, 5) is 3.89. The summed E-state index contributed by atoms with van der Waals surface area (Å²) in [6.45, 7) is 0. The standard InChI is InChI=1S/C9H8BrClN2/c10-4-2-1-3-7-6-13-9(11)5-8(7)12/h5-6H,2,4H2,(H2,12,13). The molecule has 0 saturated heterocycles. The van der Waals surface area contributed by atoms with Crippen molar-refractivity contribution < 1.29 is 0 Å². The zero-order valence-corrected chi connectivity index (χ0v) is 9.19. The molecule has 1 aromatic heterocycles. The van der Waals surface area contributed by atoms with Crippen LogP contribution < -0.4 is 5.73 Å². The molecule has 0 aliphatic heterocycles. The second kappa shape index (κ2) is 5.11. The molecule has 0 saturated carbocycles. The predicted octanol–water partition coefficient (Wildman–Crippen LogP) is 2.45. The van der Waals surface area contributed by atoms with Crippen molar-refractivity contribution in [3.63, 3.8) is 0 Å². The Hall–Kier alpha value is -0.720. The fraction of sp³-hybridized carbons (Fsp3) is 0.222. The molecule has 2 N–H and O–H groups in total. The average Bonchev–Trinajstić information content (AvgIpc) is 2.09. The molecular formula is C9H8BrClN2. The van der Waals surface area contributed by atoms with Gasteiger partial charge in [-0.3, -0.25) is 0 Å². The Morgan fingerprint density at radius 2 is 2.38 bits per heavy atom. The van der Waals surface area contributed by atoms with E-state index in [9.17, 15) is 0 Å². The van der Waals surface area contributed by atoms with Crippen LogP contribution in [0.3, 0.4) is 0 Å². The average molecular weight is 260 g/mol. The van der Waals surface area contributed by atoms with Gasteiger partial charge < -0.3 is 5.73 Å². The zero-order chi connectivity index (χ0) is 9.68. The number of nitrogens with two attached hydrogens (primary N) is 1. The number of hydrogen-bond acceptors (Lipinski definition) is 2. The smallest absolute Gasteiger partial charge is 0.131 e. The van der Waals surface area contributed by atoms with E-state index in [-0.39, 0.29) is 0 Å². The molecule has 4 heteroatoms. The van der Waals surface area contributed by atoms with Crippen LogP contribution in [-0.2, 0) is 0 Å². The minimum Gasteiger partial charge on any atom is -0.398 e. The Morgan fingerprint density at radius 1 is 1.62 bits per heavy atom. The molecule has 0 aromatic carbocycles. The van der Waals surface area contributed by atoms with Gasteiger partial charge in [0.25, 0.3) is 0 Å². The number of rotatable bonds is 1. The summed E-state index contributed by atoms with van der Waals surface area (Å²) in [5, 5.41) is 1.25. The fourth-order valence-electron chi connectivity index (χ4n) is 0.754. The summed E-state index contributed by atoms with van der Waals surface area (Å²) in [7, 11) is 0. The van der Waals surface area contributed by atoms with Crippen molar-refractivity contribution in [3.8, 4) is 11.8 Å². The van der Waals surface area contributed by atoms with E-state index in [0.717, 1.165) is 17.3 Å². The minimum atomic E-state index is 0.392. The third kappa shape index (κ3) is 3.25. The lowest BCUT2D eigenvalue weighted by Crippen LogP contribution is -1.91. The van der Waals surface area contributed by atoms with Crippen LogP contribution in [-0.4, -0.2) is 10.3 Å². The maximum Gasteiger partial charge on any atom is 0.131 e. The number of nitrogen functional groups attached to an aromatic ring is 1. The SMILES string of the molecule is Nc1cc(Cl)ncc1C#CCCBr. The highest BCUT2D eigenvalue weighted by atomic mass is 79.9. The van der Waals surface area contributed by atoms with Crippen LogP contribution in [0.5, 0.6) is 0 Å². The Bertz CT molecular complexity index is 354. The first-order valence-electron chi connectivity index (χ1n) is 3.70. The van der Waals surface area contributed by atoms with Gasteiger partial charge in [-0.15, -0.1) is 0 Å². The number of hydrogen-bond donors (Lipinski definition) is 1. The third-order valence-electron chi connectivity index (χ3n) is 1.35. The molecule has 0 fully saturated rings. The molecule has 0 spiro atoms. The lowest BCUT2D eigenvalue weighted by Gasteiger charge is -1.96. The van der Waals surface area contributed by atoms with Gasteiger partial charge in [-0.05, 0) is 6.07 Å². The van der Waals surface area contributed by atoms with Crippen LogP contribution in [0.15, 0.2) is 12.3 Å². The Balaban J connectivity index is 2.85. The molecule has 2 nitrogen and oxygen atoms in total. The number of aromatic nitrogens is 1. The highest BCUT2D eigenvalue weighted by Gasteiger charge is 1.96. The van der Waals surface area contributed by atoms with Crippen molar-refractivity contribution in [3.05, 3.63) is 23.0 Å². The van der Waals surface area contributed by atoms with Crippen LogP contribution >= 0.6 is 27.5 Å². The summed E-state index contributed by atoms with van der Waals surface area (Å²) in [5.74, 6) is 5.87. The molecule has 1 aromatic rings. The molecule has 0 aliphatic rings. The number of pyridine rings is 1. The van der Waals surface area contributed by atoms with E-state index in [1.54, 1.807) is 12.3 Å². The quantitative estimate of drug-likeness (QED) is 0.478. The summed E-state index contributed by atoms with van der Waals surface area (Å²) in [6.07, 6.45) is 2.38. The lowest BCUT2D eigenvalue weighted by atomic mass is 10.2. The molecule has 1 heterocycles. The van der Waals surface area contributed by atoms with Gasteiger partial charge in [-0.1, -0.05) is 39.4 Å². The summed E-state index contributed by atoms with van der Waals surface area (Å²) in [6, 6.07) is 1.60. The Kier molecular flexibility index (Phi) is 4.07. The minimum absolute atomic E-state index is 0.392. The molecule has 0 unspecified atom stereocenters. The van der Waals surface area contributed by atoms with E-state index >= 15 is 0 Å². The molecule has 13 heavy (non-hydrogen) atoms. The Morgan fingerprint density at radius 3 is 3.00 bits per heavy atom. The maximum absolute atomic E-state index is 5.66. The van der Waals surface area contributed by atoms with E-state index < -0.39 is 0 Å². The van der Waals surface area contributed by atoms with Crippen molar-refractivity contribution in [1.29, 1.82) is 0 Å². The first kappa shape index (κ1) is 10.4. The van der Waals surface area contributed by atoms with Crippen molar-refractivity contribution in [2.45, 2.75) is 6.42 Å². The first-order chi connectivity index (χ1) is 6.24. The molecule has 1 rings (SSSR count). The van der Waals surface area contributed by atoms with Crippen LogP contribution in [0.2, 0.25) is 5.15 Å². The largest absolute Gasteiger partial charge is 0.398 e. The highest BCUT2D eigenvalue weighted by Crippen LogP contribution is 2.13. The van der Waals surface area contributed by atoms with Crippen molar-refractivity contribution in [2.75, 3.05) is 11.1 Å². The zero-order valence-electron chi connectivity index (χ0n) is 6.85. The molecule has 0 atom stereocenters. The lowest BCUT2D eigenvalue weighted by molar-refractivity contribution is 1.30. The Labute approximate surface area is 90.6 Å². The van der Waals surface area contributed by atoms with Crippen molar-refractivity contribution in [1.82, 2.24) is 4.98 Å². The summed E-state index contributed by atoms with van der Waals surface area (Å²) in [5.41, 5.74) is 6.96. The second-order valence-corrected chi connectivity index (χ2v) is 3.52. The summed E-state index contributed by atoms with van der Waals surface area (Å²) >= 11 is 8.91. The number of anilines is 1. The van der Waals surface area contributed by atoms with Gasteiger partial charge >= 0.3 is 0 Å². The normalized spacial score (nSPS) is 9.08. The highest BCUT2D eigenvalue weighted by molar-refractivity contribution is 9.09. The first-order valence-corrected chi connectivity index (χ1v) is 5.20. The molecule has 0 amide bonds. The van der Waals surface area contributed by atoms with E-state index in [2.05, 4.69) is 32.8 Å². The van der Waals surface area contributed by atoms with Gasteiger partial charge in [0.2, 0.25) is 0 Å². The maximum atomic E-state index is 5.66. The monoisotopic (exact) mass is 258 g/mol. The van der Waals surface area contributed by atoms with E-state index in [4.69, 9.17) is 17.3 Å². The molecule has 0 aliphatic carbocycles. The van der Waals surface area contributed by atoms with Gasteiger partial charge in [0.1, 0.15) is 5.15 Å². The number of alkyl halides is 1. The topological polar surface area (TPSA) is 38.9 Å². The van der Waals surface area contributed by atoms with Crippen LogP contribution in [0.1, 0.15) is 12.0 Å². The van der Waals surface area contributed by atoms with Gasteiger partial charge in [0.05, 0.1) is 11.3 Å². The van der Waals surface area contributed by atoms with E-state index in [1.807, 2.05) is 0 Å². The van der Waals surface area contributed by atoms with Crippen LogP contribution in [0.4, 0.5) is 5.69 Å². The van der Waals surface area contributed by atoms with Crippen LogP contribution in [0, 0.1) is 11.8 Å². The number of nitrogens with zero attached hydrogens (tertiary/aromatic N) is 1. The number of halogens is 2. The van der Waals surface area contributed by atoms with Gasteiger partial charge in [-0.2, -0.15) is 0 Å². The molecular weight excluding hydrogens is 251 g/mol. The molecule has 0 radical (unpaired) electrons. The van der Waals surface area contributed by atoms with Crippen molar-refractivity contribution >= 4 is 33.2 Å². The van der Waals surface area contributed by atoms with Gasteiger partial charge in [-0.25, -0.2) is 4.98 Å². The summed E-state index contributed by atoms with van der Waals surface area (Å²) < 4.78 is 0. The third-order valence-corrected chi connectivity index (χ3v) is 1.95. The van der Waals surface area contributed by atoms with E-state index in [1.165, 1.54) is 0 Å². The van der Waals surface area contributed by atoms with E-state index in [0.29, 0.717) is 10.8 Å². The van der Waals surface area contributed by atoms with Gasteiger partial charge in [0.15, 0.2) is 0 Å². The predicted molar refractivity (Wildman–Crippen MR) is 58.9 cm³/mol. The fourth-order valence-corrected chi connectivity index (χ4v) is 1.12. The van der Waals surface area contributed by atoms with Crippen molar-refractivity contribution in [2.24, 2.45) is 0 Å². The molecule has 0 bridgehead atoms. The second-order valence-electron chi connectivity index (χ2n) is 2.34. The molecule has 68 valence electrons. The van der Waals surface area contributed by atoms with Crippen LogP contribution in [0.25, 0.3) is 0 Å².